The van der Waals surface area contributed by atoms with Crippen molar-refractivity contribution >= 4 is 5.82 Å². The largest absolute Gasteiger partial charge is 0.507 e. The zero-order valence-corrected chi connectivity index (χ0v) is 17.3. The summed E-state index contributed by atoms with van der Waals surface area (Å²) in [6, 6.07) is 6.40. The highest BCUT2D eigenvalue weighted by atomic mass is 16.5. The van der Waals surface area contributed by atoms with Crippen molar-refractivity contribution < 1.29 is 9.84 Å². The molecule has 0 saturated carbocycles. The number of piperidine rings is 1. The van der Waals surface area contributed by atoms with Gasteiger partial charge in [-0.2, -0.15) is 0 Å². The summed E-state index contributed by atoms with van der Waals surface area (Å²) >= 11 is 0. The zero-order valence-electron chi connectivity index (χ0n) is 17.3. The molecule has 2 aromatic rings. The van der Waals surface area contributed by atoms with Crippen molar-refractivity contribution in [3.05, 3.63) is 34.9 Å². The molecular weight excluding hydrogens is 364 g/mol. The summed E-state index contributed by atoms with van der Waals surface area (Å²) in [7, 11) is 0. The van der Waals surface area contributed by atoms with Crippen LogP contribution in [0.1, 0.15) is 42.9 Å². The standard InChI is InChI=1S/C23H30N4O2/c1-14-12-19(25-22-15(2)29-13-23(22)8-10-24-11-9-23)26-27-20(14)18-7-6-16-4-3-5-17(16)21(18)28/h6-7,12,15,22,24,28H,3-5,8-11,13H2,1-2H3,(H,25,26)/t15-,22-/m0/s1. The molecule has 29 heavy (non-hydrogen) atoms. The average molecular weight is 395 g/mol. The number of hydrogen-bond acceptors (Lipinski definition) is 6. The number of hydrogen-bond donors (Lipinski definition) is 3. The smallest absolute Gasteiger partial charge is 0.149 e. The molecule has 3 N–H and O–H groups in total. The minimum atomic E-state index is 0.149. The second-order valence-electron chi connectivity index (χ2n) is 8.96. The van der Waals surface area contributed by atoms with Crippen LogP contribution < -0.4 is 10.6 Å². The molecule has 0 unspecified atom stereocenters. The van der Waals surface area contributed by atoms with E-state index in [2.05, 4.69) is 39.9 Å². The minimum Gasteiger partial charge on any atom is -0.507 e. The van der Waals surface area contributed by atoms with E-state index in [0.29, 0.717) is 5.75 Å². The van der Waals surface area contributed by atoms with Crippen LogP contribution in [0.15, 0.2) is 18.2 Å². The van der Waals surface area contributed by atoms with Crippen LogP contribution in [0.5, 0.6) is 5.75 Å². The molecular formula is C23H30N4O2. The van der Waals surface area contributed by atoms with Crippen molar-refractivity contribution in [1.82, 2.24) is 15.5 Å². The maximum atomic E-state index is 10.8. The lowest BCUT2D eigenvalue weighted by atomic mass is 9.73. The van der Waals surface area contributed by atoms with Crippen molar-refractivity contribution in [1.29, 1.82) is 0 Å². The van der Waals surface area contributed by atoms with E-state index in [1.807, 2.05) is 13.0 Å². The first-order valence-corrected chi connectivity index (χ1v) is 10.8. The predicted molar refractivity (Wildman–Crippen MR) is 113 cm³/mol. The van der Waals surface area contributed by atoms with E-state index in [9.17, 15) is 5.11 Å². The van der Waals surface area contributed by atoms with Gasteiger partial charge in [0.2, 0.25) is 0 Å². The van der Waals surface area contributed by atoms with E-state index >= 15 is 0 Å². The number of nitrogens with zero attached hydrogens (tertiary/aromatic N) is 2. The van der Waals surface area contributed by atoms with Crippen molar-refractivity contribution in [3.63, 3.8) is 0 Å². The number of rotatable bonds is 3. The summed E-state index contributed by atoms with van der Waals surface area (Å²) in [5.74, 6) is 1.16. The molecule has 2 fully saturated rings. The average Bonchev–Trinajstić information content (AvgIpc) is 3.31. The third-order valence-electron chi connectivity index (χ3n) is 7.16. The Balaban J connectivity index is 1.42. The van der Waals surface area contributed by atoms with Gasteiger partial charge < -0.3 is 20.5 Å². The van der Waals surface area contributed by atoms with Crippen LogP contribution in [0.3, 0.4) is 0 Å². The molecule has 0 amide bonds. The Morgan fingerprint density at radius 2 is 2.03 bits per heavy atom. The van der Waals surface area contributed by atoms with Crippen LogP contribution in [-0.4, -0.2) is 47.1 Å². The summed E-state index contributed by atoms with van der Waals surface area (Å²) < 4.78 is 6.04. The number of benzene rings is 1. The van der Waals surface area contributed by atoms with Crippen LogP contribution in [-0.2, 0) is 17.6 Å². The van der Waals surface area contributed by atoms with Crippen molar-refractivity contribution in [3.8, 4) is 17.0 Å². The lowest BCUT2D eigenvalue weighted by Gasteiger charge is -2.39. The molecule has 3 heterocycles. The maximum absolute atomic E-state index is 10.8. The molecule has 0 bridgehead atoms. The Kier molecular flexibility index (Phi) is 4.71. The number of aromatic hydroxyl groups is 1. The molecule has 3 aliphatic rings. The third kappa shape index (κ3) is 3.19. The lowest BCUT2D eigenvalue weighted by molar-refractivity contribution is 0.0952. The number of aromatic nitrogens is 2. The van der Waals surface area contributed by atoms with Crippen LogP contribution in [0.4, 0.5) is 5.82 Å². The molecule has 1 aromatic heterocycles. The van der Waals surface area contributed by atoms with Gasteiger partial charge in [-0.25, -0.2) is 0 Å². The first-order valence-electron chi connectivity index (χ1n) is 10.8. The summed E-state index contributed by atoms with van der Waals surface area (Å²) in [6.45, 7) is 7.06. The fourth-order valence-corrected chi connectivity index (χ4v) is 5.45. The Hall–Kier alpha value is -2.18. The number of phenols is 1. The first-order chi connectivity index (χ1) is 14.1. The van der Waals surface area contributed by atoms with Crippen LogP contribution in [0.25, 0.3) is 11.3 Å². The van der Waals surface area contributed by atoms with Gasteiger partial charge in [-0.1, -0.05) is 6.07 Å². The highest BCUT2D eigenvalue weighted by molar-refractivity contribution is 5.73. The van der Waals surface area contributed by atoms with Gasteiger partial charge in [-0.05, 0) is 87.9 Å². The van der Waals surface area contributed by atoms with E-state index in [1.54, 1.807) is 0 Å². The van der Waals surface area contributed by atoms with Crippen molar-refractivity contribution in [2.24, 2.45) is 5.41 Å². The second kappa shape index (κ2) is 7.26. The fourth-order valence-electron chi connectivity index (χ4n) is 5.45. The molecule has 5 rings (SSSR count). The van der Waals surface area contributed by atoms with Crippen molar-refractivity contribution in [2.45, 2.75) is 58.1 Å². The second-order valence-corrected chi connectivity index (χ2v) is 8.96. The van der Waals surface area contributed by atoms with Gasteiger partial charge in [-0.15, -0.1) is 10.2 Å². The Morgan fingerprint density at radius 1 is 1.21 bits per heavy atom. The van der Waals surface area contributed by atoms with Gasteiger partial charge in [0.15, 0.2) is 0 Å². The zero-order chi connectivity index (χ0) is 20.0. The van der Waals surface area contributed by atoms with Crippen molar-refractivity contribution in [2.75, 3.05) is 25.0 Å². The van der Waals surface area contributed by atoms with Crippen LogP contribution >= 0.6 is 0 Å². The summed E-state index contributed by atoms with van der Waals surface area (Å²) in [6.07, 6.45) is 5.48. The van der Waals surface area contributed by atoms with E-state index in [4.69, 9.17) is 4.74 Å². The van der Waals surface area contributed by atoms with Gasteiger partial charge in [-0.3, -0.25) is 0 Å². The van der Waals surface area contributed by atoms with Gasteiger partial charge >= 0.3 is 0 Å². The summed E-state index contributed by atoms with van der Waals surface area (Å²) in [5, 5.41) is 26.9. The minimum absolute atomic E-state index is 0.149. The summed E-state index contributed by atoms with van der Waals surface area (Å²) in [4.78, 5) is 0. The van der Waals surface area contributed by atoms with E-state index < -0.39 is 0 Å². The first kappa shape index (κ1) is 18.8. The normalized spacial score (nSPS) is 25.3. The number of nitrogens with one attached hydrogen (secondary N) is 2. The number of phenolic OH excluding ortho intramolecular Hbond substituents is 1. The quantitative estimate of drug-likeness (QED) is 0.742. The number of fused-ring (bicyclic) bond motifs is 1. The fraction of sp³-hybridized carbons (Fsp3) is 0.565. The Bertz CT molecular complexity index is 918. The molecule has 1 aromatic carbocycles. The van der Waals surface area contributed by atoms with E-state index in [1.165, 1.54) is 5.56 Å². The molecule has 1 aliphatic carbocycles. The molecule has 154 valence electrons. The predicted octanol–water partition coefficient (Wildman–Crippen LogP) is 3.22. The third-order valence-corrected chi connectivity index (χ3v) is 7.16. The topological polar surface area (TPSA) is 79.3 Å². The molecule has 0 radical (unpaired) electrons. The van der Waals surface area contributed by atoms with Crippen LogP contribution in [0.2, 0.25) is 0 Å². The lowest BCUT2D eigenvalue weighted by Crippen LogP contribution is -2.48. The monoisotopic (exact) mass is 394 g/mol. The van der Waals surface area contributed by atoms with Gasteiger partial charge in [0, 0.05) is 11.0 Å². The Morgan fingerprint density at radius 3 is 2.83 bits per heavy atom. The number of ether oxygens (including phenoxy) is 1. The SMILES string of the molecule is Cc1cc(N[C@H]2[C@H](C)OCC23CCNCC3)nnc1-c1ccc2c(c1O)CCC2. The summed E-state index contributed by atoms with van der Waals surface area (Å²) in [5.41, 5.74) is 5.07. The van der Waals surface area contributed by atoms with Gasteiger partial charge in [0.1, 0.15) is 11.6 Å². The molecule has 6 nitrogen and oxygen atoms in total. The van der Waals surface area contributed by atoms with Crippen LogP contribution in [0, 0.1) is 12.3 Å². The molecule has 2 saturated heterocycles. The number of anilines is 1. The number of aryl methyl sites for hydroxylation is 2. The highest BCUT2D eigenvalue weighted by Crippen LogP contribution is 2.42. The van der Waals surface area contributed by atoms with E-state index in [0.717, 1.165) is 80.0 Å². The van der Waals surface area contributed by atoms with Gasteiger partial charge in [0.05, 0.1) is 24.4 Å². The highest BCUT2D eigenvalue weighted by Gasteiger charge is 2.48. The molecule has 6 heteroatoms. The van der Waals surface area contributed by atoms with E-state index in [-0.39, 0.29) is 17.6 Å². The molecule has 2 atom stereocenters. The maximum Gasteiger partial charge on any atom is 0.149 e. The molecule has 1 spiro atoms. The van der Waals surface area contributed by atoms with Gasteiger partial charge in [0.25, 0.3) is 0 Å². The molecule has 2 aliphatic heterocycles. The Labute approximate surface area is 172 Å².